The van der Waals surface area contributed by atoms with Crippen molar-refractivity contribution >= 4 is 17.5 Å². The predicted octanol–water partition coefficient (Wildman–Crippen LogP) is 3.93. The van der Waals surface area contributed by atoms with Crippen LogP contribution >= 0.6 is 11.6 Å². The molecule has 2 aliphatic rings. The quantitative estimate of drug-likeness (QED) is 0.704. The van der Waals surface area contributed by atoms with Gasteiger partial charge in [-0.05, 0) is 49.4 Å². The average Bonchev–Trinajstić information content (AvgIpc) is 2.86. The van der Waals surface area contributed by atoms with Crippen LogP contribution in [0.15, 0.2) is 0 Å². The van der Waals surface area contributed by atoms with Gasteiger partial charge in [0, 0.05) is 24.9 Å². The Labute approximate surface area is 122 Å². The molecule has 1 atom stereocenters. The molecular weight excluding hydrogens is 258 g/mol. The number of halogens is 1. The van der Waals surface area contributed by atoms with Crippen LogP contribution in [0.3, 0.4) is 0 Å². The van der Waals surface area contributed by atoms with E-state index in [9.17, 15) is 4.79 Å². The molecule has 0 bridgehead atoms. The second-order valence-electron chi connectivity index (χ2n) is 7.51. The Morgan fingerprint density at radius 3 is 2.26 bits per heavy atom. The minimum atomic E-state index is 0.285. The molecule has 1 saturated heterocycles. The van der Waals surface area contributed by atoms with Crippen molar-refractivity contribution in [2.45, 2.75) is 52.9 Å². The van der Waals surface area contributed by atoms with E-state index in [1.54, 1.807) is 0 Å². The first-order valence-corrected chi connectivity index (χ1v) is 8.30. The van der Waals surface area contributed by atoms with Gasteiger partial charge in [0.1, 0.15) is 0 Å². The summed E-state index contributed by atoms with van der Waals surface area (Å²) in [7, 11) is 0. The highest BCUT2D eigenvalue weighted by molar-refractivity contribution is 6.18. The van der Waals surface area contributed by atoms with Crippen LogP contribution in [0.1, 0.15) is 52.9 Å². The van der Waals surface area contributed by atoms with Gasteiger partial charge in [0.05, 0.1) is 0 Å². The van der Waals surface area contributed by atoms with Gasteiger partial charge in [-0.3, -0.25) is 4.79 Å². The molecule has 110 valence electrons. The molecule has 0 N–H and O–H groups in total. The fourth-order valence-corrected chi connectivity index (χ4v) is 3.88. The summed E-state index contributed by atoms with van der Waals surface area (Å²) < 4.78 is 0. The maximum absolute atomic E-state index is 12.5. The van der Waals surface area contributed by atoms with Crippen LogP contribution in [0.2, 0.25) is 0 Å². The Balaban J connectivity index is 1.83. The minimum absolute atomic E-state index is 0.285. The van der Waals surface area contributed by atoms with Gasteiger partial charge in [-0.1, -0.05) is 20.8 Å². The Morgan fingerprint density at radius 2 is 1.79 bits per heavy atom. The third-order valence-corrected chi connectivity index (χ3v) is 5.55. The number of alkyl halides is 1. The molecule has 3 heteroatoms. The second kappa shape index (κ2) is 6.03. The molecule has 1 aliphatic carbocycles. The van der Waals surface area contributed by atoms with Crippen LogP contribution in [0.4, 0.5) is 0 Å². The second-order valence-corrected chi connectivity index (χ2v) is 7.82. The number of amides is 1. The van der Waals surface area contributed by atoms with Crippen LogP contribution in [0.25, 0.3) is 0 Å². The van der Waals surface area contributed by atoms with Crippen molar-refractivity contribution in [3.05, 3.63) is 0 Å². The first kappa shape index (κ1) is 15.2. The fraction of sp³-hybridized carbons (Fsp3) is 0.938. The highest BCUT2D eigenvalue weighted by atomic mass is 35.5. The maximum Gasteiger partial charge on any atom is 0.225 e. The average molecular weight is 286 g/mol. The Hall–Kier alpha value is -0.240. The zero-order chi connectivity index (χ0) is 14.0. The molecule has 0 aromatic rings. The number of carbonyl (C=O) groups excluding carboxylic acids is 1. The summed E-state index contributed by atoms with van der Waals surface area (Å²) in [6.45, 7) is 8.79. The van der Waals surface area contributed by atoms with Crippen molar-refractivity contribution in [2.75, 3.05) is 19.0 Å². The molecule has 1 saturated carbocycles. The number of hydrogen-bond acceptors (Lipinski definition) is 1. The Morgan fingerprint density at radius 1 is 1.16 bits per heavy atom. The molecule has 0 radical (unpaired) electrons. The summed E-state index contributed by atoms with van der Waals surface area (Å²) in [5.41, 5.74) is 0.394. The van der Waals surface area contributed by atoms with Crippen molar-refractivity contribution in [3.63, 3.8) is 0 Å². The van der Waals surface area contributed by atoms with Gasteiger partial charge >= 0.3 is 0 Å². The molecule has 1 aliphatic heterocycles. The van der Waals surface area contributed by atoms with E-state index in [-0.39, 0.29) is 5.92 Å². The van der Waals surface area contributed by atoms with Gasteiger partial charge in [0.15, 0.2) is 0 Å². The summed E-state index contributed by atoms with van der Waals surface area (Å²) >= 11 is 5.89. The molecule has 1 amide bonds. The Bertz CT molecular complexity index is 315. The first-order valence-electron chi connectivity index (χ1n) is 7.76. The normalized spacial score (nSPS) is 32.6. The van der Waals surface area contributed by atoms with Crippen LogP contribution in [0.5, 0.6) is 0 Å². The van der Waals surface area contributed by atoms with Gasteiger partial charge in [0.2, 0.25) is 5.91 Å². The smallest absolute Gasteiger partial charge is 0.225 e. The van der Waals surface area contributed by atoms with Crippen molar-refractivity contribution in [3.8, 4) is 0 Å². The molecule has 2 fully saturated rings. The summed E-state index contributed by atoms with van der Waals surface area (Å²) in [5.74, 6) is 2.69. The van der Waals surface area contributed by atoms with Gasteiger partial charge in [-0.2, -0.15) is 0 Å². The molecule has 1 heterocycles. The van der Waals surface area contributed by atoms with Crippen LogP contribution < -0.4 is 0 Å². The highest BCUT2D eigenvalue weighted by Crippen LogP contribution is 2.40. The summed E-state index contributed by atoms with van der Waals surface area (Å²) in [6.07, 6.45) is 5.69. The zero-order valence-corrected chi connectivity index (χ0v) is 13.4. The van der Waals surface area contributed by atoms with Crippen molar-refractivity contribution in [1.82, 2.24) is 4.90 Å². The van der Waals surface area contributed by atoms with Gasteiger partial charge in [0.25, 0.3) is 0 Å². The fourth-order valence-electron chi connectivity index (χ4n) is 3.62. The number of carbonyl (C=O) groups is 1. The SMILES string of the molecule is CC(C)(C)C1CCC(C(=O)N2CCC(CCl)C2)CC1. The highest BCUT2D eigenvalue weighted by Gasteiger charge is 2.35. The van der Waals surface area contributed by atoms with E-state index >= 15 is 0 Å². The standard InChI is InChI=1S/C16H28ClNO/c1-16(2,3)14-6-4-13(5-7-14)15(19)18-9-8-12(10-17)11-18/h12-14H,4-11H2,1-3H3. The van der Waals surface area contributed by atoms with Gasteiger partial charge < -0.3 is 4.90 Å². The third kappa shape index (κ3) is 3.65. The van der Waals surface area contributed by atoms with Crippen molar-refractivity contribution in [2.24, 2.45) is 23.2 Å². The molecule has 0 aromatic heterocycles. The third-order valence-electron chi connectivity index (χ3n) is 5.12. The number of likely N-dealkylation sites (tertiary alicyclic amines) is 1. The lowest BCUT2D eigenvalue weighted by atomic mass is 9.69. The lowest BCUT2D eigenvalue weighted by Crippen LogP contribution is -2.37. The molecule has 1 unspecified atom stereocenters. The molecular formula is C16H28ClNO. The molecule has 2 rings (SSSR count). The monoisotopic (exact) mass is 285 g/mol. The number of hydrogen-bond donors (Lipinski definition) is 0. The maximum atomic E-state index is 12.5. The summed E-state index contributed by atoms with van der Waals surface area (Å²) in [6, 6.07) is 0. The molecule has 19 heavy (non-hydrogen) atoms. The summed E-state index contributed by atoms with van der Waals surface area (Å²) in [5, 5.41) is 0. The predicted molar refractivity (Wildman–Crippen MR) is 80.3 cm³/mol. The van der Waals surface area contributed by atoms with E-state index in [1.165, 1.54) is 12.8 Å². The molecule has 0 spiro atoms. The van der Waals surface area contributed by atoms with E-state index in [0.29, 0.717) is 23.1 Å². The van der Waals surface area contributed by atoms with Gasteiger partial charge in [-0.25, -0.2) is 0 Å². The van der Waals surface area contributed by atoms with Crippen LogP contribution in [-0.4, -0.2) is 29.8 Å². The van der Waals surface area contributed by atoms with E-state index in [4.69, 9.17) is 11.6 Å². The van der Waals surface area contributed by atoms with Crippen LogP contribution in [0, 0.1) is 23.2 Å². The van der Waals surface area contributed by atoms with E-state index in [1.807, 2.05) is 0 Å². The van der Waals surface area contributed by atoms with E-state index < -0.39 is 0 Å². The topological polar surface area (TPSA) is 20.3 Å². The number of nitrogens with zero attached hydrogens (tertiary/aromatic N) is 1. The zero-order valence-electron chi connectivity index (χ0n) is 12.6. The molecule has 2 nitrogen and oxygen atoms in total. The Kier molecular flexibility index (Phi) is 4.81. The lowest BCUT2D eigenvalue weighted by molar-refractivity contribution is -0.136. The lowest BCUT2D eigenvalue weighted by Gasteiger charge is -2.37. The first-order chi connectivity index (χ1) is 8.91. The van der Waals surface area contributed by atoms with Crippen molar-refractivity contribution < 1.29 is 4.79 Å². The van der Waals surface area contributed by atoms with Crippen molar-refractivity contribution in [1.29, 1.82) is 0 Å². The summed E-state index contributed by atoms with van der Waals surface area (Å²) in [4.78, 5) is 14.6. The largest absolute Gasteiger partial charge is 0.342 e. The number of rotatable bonds is 2. The van der Waals surface area contributed by atoms with E-state index in [0.717, 1.165) is 38.3 Å². The molecule has 0 aromatic carbocycles. The van der Waals surface area contributed by atoms with E-state index in [2.05, 4.69) is 25.7 Å². The minimum Gasteiger partial charge on any atom is -0.342 e. The van der Waals surface area contributed by atoms with Gasteiger partial charge in [-0.15, -0.1) is 11.6 Å². The van der Waals surface area contributed by atoms with Crippen LogP contribution in [-0.2, 0) is 4.79 Å².